The van der Waals surface area contributed by atoms with Crippen LogP contribution in [0.2, 0.25) is 0 Å². The summed E-state index contributed by atoms with van der Waals surface area (Å²) < 4.78 is 142. The fraction of sp³-hybridized carbons (Fsp3) is 0.0435. The van der Waals surface area contributed by atoms with E-state index in [9.17, 15) is 0 Å². The molecule has 0 saturated carbocycles. The second kappa shape index (κ2) is 23.6. The molecule has 2 aliphatic carbocycles. The van der Waals surface area contributed by atoms with E-state index in [1.54, 1.807) is 97.1 Å². The van der Waals surface area contributed by atoms with Gasteiger partial charge in [0, 0.05) is 45.3 Å². The predicted octanol–water partition coefficient (Wildman–Crippen LogP) is 25.1. The molecule has 18 rings (SSSR count). The molecule has 0 saturated heterocycles. The van der Waals surface area contributed by atoms with Gasteiger partial charge in [0.05, 0.1) is 22.0 Å². The van der Waals surface area contributed by atoms with Crippen molar-refractivity contribution in [2.45, 2.75) is 23.7 Å². The molecule has 0 fully saturated rings. The van der Waals surface area contributed by atoms with E-state index in [-0.39, 0.29) is 24.0 Å². The minimum absolute atomic E-state index is 0.0166. The average Bonchev–Trinajstić information content (AvgIpc) is 1.29. The van der Waals surface area contributed by atoms with Gasteiger partial charge in [-0.1, -0.05) is 232 Å². The Morgan fingerprint density at radius 1 is 0.255 bits per heavy atom. The molecule has 4 aliphatic rings. The highest BCUT2D eigenvalue weighted by Gasteiger charge is 2.53. The fourth-order valence-electron chi connectivity index (χ4n) is 16.7. The van der Waals surface area contributed by atoms with Gasteiger partial charge in [0.1, 0.15) is 11.6 Å². The SMILES string of the molecule is C=Cc1ccc(CC23c4ccccc4-c4ccc(cc42)N(c2ccc(-c4ccc(N5c6ccc(-c7ccccc7)c(c6)-c6c(F)c(F)c(F)c(c6F)C6(Cc7ccc(C=C)cc7)c7ccccc7-c7ccc5cc76)cc4)cc2)c2ccc(-c4ccccc4)c(c2)-c2c(F)c(F)c(F)c3c2F)cc1. The summed E-state index contributed by atoms with van der Waals surface area (Å²) in [5.41, 5.74) is 8.91. The average molecular weight is 1340 g/mol. The molecule has 2 unspecified atom stereocenters. The molecule has 2 heterocycles. The van der Waals surface area contributed by atoms with Crippen LogP contribution >= 0.6 is 0 Å². The van der Waals surface area contributed by atoms with Crippen molar-refractivity contribution < 1.29 is 35.1 Å². The molecule has 102 heavy (non-hydrogen) atoms. The van der Waals surface area contributed by atoms with Crippen LogP contribution in [0.1, 0.15) is 55.6 Å². The van der Waals surface area contributed by atoms with E-state index in [0.29, 0.717) is 112 Å². The van der Waals surface area contributed by atoms with Gasteiger partial charge >= 0.3 is 0 Å². The number of benzene rings is 14. The van der Waals surface area contributed by atoms with E-state index in [1.165, 1.54) is 0 Å². The van der Waals surface area contributed by atoms with Gasteiger partial charge in [0.15, 0.2) is 34.9 Å². The molecule has 2 aliphatic heterocycles. The maximum atomic E-state index is 18.8. The van der Waals surface area contributed by atoms with Gasteiger partial charge < -0.3 is 9.80 Å². The minimum Gasteiger partial charge on any atom is -0.310 e. The van der Waals surface area contributed by atoms with Crippen LogP contribution in [0.25, 0.3) is 90.0 Å². The van der Waals surface area contributed by atoms with E-state index in [0.717, 1.165) is 22.3 Å². The van der Waals surface area contributed by atoms with Gasteiger partial charge in [-0.2, -0.15) is 0 Å². The molecule has 2 atom stereocenters. The Balaban J connectivity index is 0.802. The monoisotopic (exact) mass is 1340 g/mol. The number of hydrogen-bond acceptors (Lipinski definition) is 2. The molecule has 0 aromatic heterocycles. The molecule has 14 aromatic rings. The molecule has 0 radical (unpaired) electrons. The minimum atomic E-state index is -1.79. The summed E-state index contributed by atoms with van der Waals surface area (Å²) in [7, 11) is 0. The summed E-state index contributed by atoms with van der Waals surface area (Å²) >= 11 is 0. The lowest BCUT2D eigenvalue weighted by Crippen LogP contribution is -2.33. The van der Waals surface area contributed by atoms with Gasteiger partial charge in [-0.05, 0) is 197 Å². The van der Waals surface area contributed by atoms with Crippen LogP contribution < -0.4 is 9.80 Å². The van der Waals surface area contributed by atoms with E-state index < -0.39 is 79.6 Å². The Labute approximate surface area is 584 Å². The molecule has 0 N–H and O–H groups in total. The first-order valence-corrected chi connectivity index (χ1v) is 33.6. The maximum Gasteiger partial charge on any atom is 0.195 e. The Hall–Kier alpha value is -12.4. The van der Waals surface area contributed by atoms with Gasteiger partial charge in [0.25, 0.3) is 0 Å². The highest BCUT2D eigenvalue weighted by atomic mass is 19.2. The Morgan fingerprint density at radius 3 is 0.951 bits per heavy atom. The standard InChI is InChI=1S/C92H56F8N2/c1-3-53-23-27-55(28-24-53)51-91-75-21-13-11-19-69(75)71-45-41-65(49-77(71)91)101(63-39-43-67(59-15-7-5-8-16-59)73(47-63)79-83(93)81(91)87(97)89(99)85(79)95)61-35-31-57(32-36-61)58-33-37-62(38-34-58)102-64-40-44-68(60-17-9-6-10-18-60)74(48-64)80-84(94)82(88(98)90(100)86(80)96)92(52-56-29-25-54(4-2)26-30-56)76-22-14-12-20-70(76)72-46-42-66(102)50-78(72)92/h3-50H,1-2,51-52H2. The number of nitrogens with zero attached hydrogens (tertiary/aromatic N) is 2. The normalized spacial score (nSPS) is 15.5. The zero-order chi connectivity index (χ0) is 69.4. The third-order valence-corrected chi connectivity index (χ3v) is 21.4. The van der Waals surface area contributed by atoms with E-state index >= 15 is 35.1 Å². The largest absolute Gasteiger partial charge is 0.310 e. The third-order valence-electron chi connectivity index (χ3n) is 21.4. The van der Waals surface area contributed by atoms with Crippen molar-refractivity contribution in [3.63, 3.8) is 0 Å². The number of halogens is 8. The quantitative estimate of drug-likeness (QED) is 0.0723. The summed E-state index contributed by atoms with van der Waals surface area (Å²) in [4.78, 5) is 3.97. The fourth-order valence-corrected chi connectivity index (χ4v) is 16.7. The Morgan fingerprint density at radius 2 is 0.578 bits per heavy atom. The molecule has 12 bridgehead atoms. The smallest absolute Gasteiger partial charge is 0.195 e. The highest BCUT2D eigenvalue weighted by molar-refractivity contribution is 5.96. The molecule has 10 heteroatoms. The molecule has 2 nitrogen and oxygen atoms in total. The third kappa shape index (κ3) is 9.17. The van der Waals surface area contributed by atoms with E-state index in [2.05, 4.69) is 13.2 Å². The van der Waals surface area contributed by atoms with Gasteiger partial charge in [0.2, 0.25) is 0 Å². The zero-order valence-corrected chi connectivity index (χ0v) is 54.5. The number of anilines is 6. The van der Waals surface area contributed by atoms with E-state index in [1.807, 2.05) is 204 Å². The van der Waals surface area contributed by atoms with Gasteiger partial charge in [-0.15, -0.1) is 0 Å². The van der Waals surface area contributed by atoms with Gasteiger partial charge in [-0.3, -0.25) is 0 Å². The molecule has 0 spiro atoms. The molecule has 0 amide bonds. The van der Waals surface area contributed by atoms with Crippen LogP contribution in [0.4, 0.5) is 69.2 Å². The lowest BCUT2D eigenvalue weighted by atomic mass is 9.67. The van der Waals surface area contributed by atoms with E-state index in [4.69, 9.17) is 0 Å². The van der Waals surface area contributed by atoms with Crippen molar-refractivity contribution in [1.29, 1.82) is 0 Å². The van der Waals surface area contributed by atoms with Crippen molar-refractivity contribution in [3.05, 3.63) is 394 Å². The highest BCUT2D eigenvalue weighted by Crippen LogP contribution is 2.61. The second-order valence-electron chi connectivity index (χ2n) is 26.6. The Kier molecular flexibility index (Phi) is 14.3. The van der Waals surface area contributed by atoms with Crippen molar-refractivity contribution >= 4 is 46.3 Å². The molecular weight excluding hydrogens is 1290 g/mol. The van der Waals surface area contributed by atoms with Crippen LogP contribution in [0, 0.1) is 46.5 Å². The summed E-state index contributed by atoms with van der Waals surface area (Å²) in [6.45, 7) is 7.85. The number of hydrogen-bond donors (Lipinski definition) is 0. The van der Waals surface area contributed by atoms with Gasteiger partial charge in [-0.25, -0.2) is 35.1 Å². The zero-order valence-electron chi connectivity index (χ0n) is 54.5. The summed E-state index contributed by atoms with van der Waals surface area (Å²) in [6, 6.07) is 85.7. The number of rotatable bonds is 11. The summed E-state index contributed by atoms with van der Waals surface area (Å²) in [5.74, 6) is -12.5. The van der Waals surface area contributed by atoms with Crippen LogP contribution in [0.15, 0.2) is 292 Å². The first kappa shape index (κ1) is 61.9. The first-order chi connectivity index (χ1) is 49.8. The lowest BCUT2D eigenvalue weighted by molar-refractivity contribution is 0.410. The van der Waals surface area contributed by atoms with Crippen molar-refractivity contribution in [1.82, 2.24) is 0 Å². The maximum absolute atomic E-state index is 18.8. The lowest BCUT2D eigenvalue weighted by Gasteiger charge is -2.35. The molecule has 14 aromatic carbocycles. The molecule has 490 valence electrons. The first-order valence-electron chi connectivity index (χ1n) is 33.6. The van der Waals surface area contributed by atoms with Crippen molar-refractivity contribution in [2.75, 3.05) is 9.80 Å². The summed E-state index contributed by atoms with van der Waals surface area (Å²) in [5, 5.41) is 0. The van der Waals surface area contributed by atoms with Crippen LogP contribution in [-0.2, 0) is 23.7 Å². The summed E-state index contributed by atoms with van der Waals surface area (Å²) in [6.07, 6.45) is 3.34. The van der Waals surface area contributed by atoms with Crippen LogP contribution in [-0.4, -0.2) is 0 Å². The Bertz CT molecular complexity index is 5470. The predicted molar refractivity (Wildman–Crippen MR) is 394 cm³/mol. The molecular formula is C92H56F8N2. The topological polar surface area (TPSA) is 6.48 Å². The van der Waals surface area contributed by atoms with Crippen molar-refractivity contribution in [3.8, 4) is 77.9 Å². The second-order valence-corrected chi connectivity index (χ2v) is 26.6. The van der Waals surface area contributed by atoms with Crippen LogP contribution in [0.5, 0.6) is 0 Å². The number of fused-ring (bicyclic) bond motifs is 20. The van der Waals surface area contributed by atoms with Crippen molar-refractivity contribution in [2.24, 2.45) is 0 Å². The van der Waals surface area contributed by atoms with Crippen LogP contribution in [0.3, 0.4) is 0 Å².